The van der Waals surface area contributed by atoms with Crippen molar-refractivity contribution in [3.05, 3.63) is 95.6 Å². The van der Waals surface area contributed by atoms with E-state index in [4.69, 9.17) is 0 Å². The highest BCUT2D eigenvalue weighted by Crippen LogP contribution is 2.33. The minimum Gasteiger partial charge on any atom is -0.329 e. The standard InChI is InChI=1S/C26H27N3O3S/c1-27-16-17-28(25(19-27)20-8-3-2-4-9-20)26(30)22-11-7-12-23(18-22)33(31,32)29-15-14-21-10-5-6-13-24(21)29/h2-13,18,25H,14-17,19H2,1H3. The van der Waals surface area contributed by atoms with Crippen molar-refractivity contribution < 1.29 is 13.2 Å². The van der Waals surface area contributed by atoms with E-state index in [-0.39, 0.29) is 16.8 Å². The quantitative estimate of drug-likeness (QED) is 0.596. The maximum absolute atomic E-state index is 13.6. The summed E-state index contributed by atoms with van der Waals surface area (Å²) in [7, 11) is -1.70. The number of benzene rings is 3. The van der Waals surface area contributed by atoms with E-state index in [1.165, 1.54) is 10.4 Å². The highest BCUT2D eigenvalue weighted by atomic mass is 32.2. The van der Waals surface area contributed by atoms with E-state index < -0.39 is 10.0 Å². The lowest BCUT2D eigenvalue weighted by molar-refractivity contribution is 0.0498. The van der Waals surface area contributed by atoms with Gasteiger partial charge in [0.25, 0.3) is 15.9 Å². The molecule has 1 saturated heterocycles. The Hall–Kier alpha value is -3.16. The maximum Gasteiger partial charge on any atom is 0.264 e. The molecule has 7 heteroatoms. The molecule has 0 N–H and O–H groups in total. The molecule has 1 amide bonds. The van der Waals surface area contributed by atoms with Gasteiger partial charge in [-0.2, -0.15) is 0 Å². The second-order valence-electron chi connectivity index (χ2n) is 8.67. The molecular formula is C26H27N3O3S. The summed E-state index contributed by atoms with van der Waals surface area (Å²) in [6, 6.07) is 24.0. The number of hydrogen-bond acceptors (Lipinski definition) is 4. The van der Waals surface area contributed by atoms with E-state index in [0.717, 1.165) is 29.9 Å². The summed E-state index contributed by atoms with van der Waals surface area (Å²) < 4.78 is 28.4. The van der Waals surface area contributed by atoms with E-state index in [1.807, 2.05) is 59.5 Å². The lowest BCUT2D eigenvalue weighted by atomic mass is 10.0. The van der Waals surface area contributed by atoms with Crippen LogP contribution in [-0.2, 0) is 16.4 Å². The molecule has 1 fully saturated rings. The molecule has 1 unspecified atom stereocenters. The zero-order chi connectivity index (χ0) is 23.0. The lowest BCUT2D eigenvalue weighted by Gasteiger charge is -2.40. The van der Waals surface area contributed by atoms with Crippen LogP contribution >= 0.6 is 0 Å². The molecule has 3 aromatic rings. The number of fused-ring (bicyclic) bond motifs is 1. The van der Waals surface area contributed by atoms with Crippen LogP contribution < -0.4 is 4.31 Å². The molecule has 2 aliphatic rings. The van der Waals surface area contributed by atoms with Crippen molar-refractivity contribution in [3.63, 3.8) is 0 Å². The van der Waals surface area contributed by atoms with Gasteiger partial charge in [-0.1, -0.05) is 54.6 Å². The average Bonchev–Trinajstić information content (AvgIpc) is 3.29. The molecule has 33 heavy (non-hydrogen) atoms. The van der Waals surface area contributed by atoms with Crippen LogP contribution in [0.2, 0.25) is 0 Å². The van der Waals surface area contributed by atoms with Crippen LogP contribution in [-0.4, -0.2) is 57.4 Å². The van der Waals surface area contributed by atoms with Gasteiger partial charge in [-0.3, -0.25) is 9.10 Å². The van der Waals surface area contributed by atoms with E-state index in [2.05, 4.69) is 11.9 Å². The minimum atomic E-state index is -3.76. The highest BCUT2D eigenvalue weighted by molar-refractivity contribution is 7.92. The third-order valence-corrected chi connectivity index (χ3v) is 8.35. The third-order valence-electron chi connectivity index (χ3n) is 6.54. The molecule has 2 heterocycles. The number of piperazine rings is 1. The van der Waals surface area contributed by atoms with Gasteiger partial charge >= 0.3 is 0 Å². The zero-order valence-electron chi connectivity index (χ0n) is 18.6. The molecule has 6 nitrogen and oxygen atoms in total. The Labute approximate surface area is 195 Å². The first-order chi connectivity index (χ1) is 15.9. The van der Waals surface area contributed by atoms with Gasteiger partial charge in [0, 0.05) is 31.7 Å². The molecule has 0 bridgehead atoms. The summed E-state index contributed by atoms with van der Waals surface area (Å²) in [5, 5.41) is 0. The van der Waals surface area contributed by atoms with Gasteiger partial charge in [0.1, 0.15) is 0 Å². The number of amides is 1. The smallest absolute Gasteiger partial charge is 0.264 e. The summed E-state index contributed by atoms with van der Waals surface area (Å²) in [4.78, 5) is 17.8. The zero-order valence-corrected chi connectivity index (χ0v) is 19.4. The van der Waals surface area contributed by atoms with E-state index >= 15 is 0 Å². The Bertz CT molecular complexity index is 1280. The number of carbonyl (C=O) groups is 1. The van der Waals surface area contributed by atoms with Crippen LogP contribution in [0.4, 0.5) is 5.69 Å². The number of nitrogens with zero attached hydrogens (tertiary/aromatic N) is 3. The van der Waals surface area contributed by atoms with Crippen molar-refractivity contribution in [1.29, 1.82) is 0 Å². The average molecular weight is 462 g/mol. The Morgan fingerprint density at radius 2 is 1.64 bits per heavy atom. The molecule has 0 aliphatic carbocycles. The van der Waals surface area contributed by atoms with Crippen LogP contribution in [0.3, 0.4) is 0 Å². The van der Waals surface area contributed by atoms with Gasteiger partial charge in [0.05, 0.1) is 16.6 Å². The lowest BCUT2D eigenvalue weighted by Crippen LogP contribution is -2.49. The Morgan fingerprint density at radius 3 is 2.45 bits per heavy atom. The van der Waals surface area contributed by atoms with Crippen molar-refractivity contribution in [2.75, 3.05) is 37.5 Å². The van der Waals surface area contributed by atoms with Gasteiger partial charge in [-0.25, -0.2) is 8.42 Å². The fraction of sp³-hybridized carbons (Fsp3) is 0.269. The first kappa shape index (κ1) is 21.7. The number of sulfonamides is 1. The Balaban J connectivity index is 1.46. The van der Waals surface area contributed by atoms with Crippen LogP contribution in [0, 0.1) is 0 Å². The number of anilines is 1. The normalized spacial score (nSPS) is 18.9. The third kappa shape index (κ3) is 4.03. The molecular weight excluding hydrogens is 434 g/mol. The minimum absolute atomic E-state index is 0.0804. The van der Waals surface area contributed by atoms with Crippen LogP contribution in [0.5, 0.6) is 0 Å². The molecule has 5 rings (SSSR count). The van der Waals surface area contributed by atoms with Gasteiger partial charge in [0.2, 0.25) is 0 Å². The van der Waals surface area contributed by atoms with Crippen molar-refractivity contribution >= 4 is 21.6 Å². The monoisotopic (exact) mass is 461 g/mol. The summed E-state index contributed by atoms with van der Waals surface area (Å²) in [6.45, 7) is 2.51. The molecule has 0 spiro atoms. The summed E-state index contributed by atoms with van der Waals surface area (Å²) in [5.41, 5.74) is 3.22. The van der Waals surface area contributed by atoms with Gasteiger partial charge < -0.3 is 9.80 Å². The fourth-order valence-electron chi connectivity index (χ4n) is 4.76. The summed E-state index contributed by atoms with van der Waals surface area (Å²) in [6.07, 6.45) is 0.689. The van der Waals surface area contributed by atoms with Crippen LogP contribution in [0.25, 0.3) is 0 Å². The van der Waals surface area contributed by atoms with E-state index in [9.17, 15) is 13.2 Å². The summed E-state index contributed by atoms with van der Waals surface area (Å²) in [5.74, 6) is -0.143. The number of para-hydroxylation sites is 1. The van der Waals surface area contributed by atoms with Crippen molar-refractivity contribution in [2.45, 2.75) is 17.4 Å². The van der Waals surface area contributed by atoms with Crippen molar-refractivity contribution in [2.24, 2.45) is 0 Å². The Kier molecular flexibility index (Phi) is 5.68. The SMILES string of the molecule is CN1CCN(C(=O)c2cccc(S(=O)(=O)N3CCc4ccccc43)c2)C(c2ccccc2)C1. The first-order valence-corrected chi connectivity index (χ1v) is 12.6. The number of likely N-dealkylation sites (N-methyl/N-ethyl adjacent to an activating group) is 1. The molecule has 3 aromatic carbocycles. The second kappa shape index (κ2) is 8.65. The second-order valence-corrected chi connectivity index (χ2v) is 10.5. The first-order valence-electron chi connectivity index (χ1n) is 11.2. The molecule has 170 valence electrons. The Morgan fingerprint density at radius 1 is 0.879 bits per heavy atom. The molecule has 0 saturated carbocycles. The largest absolute Gasteiger partial charge is 0.329 e. The van der Waals surface area contributed by atoms with E-state index in [0.29, 0.717) is 25.1 Å². The maximum atomic E-state index is 13.6. The predicted octanol–water partition coefficient (Wildman–Crippen LogP) is 3.57. The fourth-order valence-corrected chi connectivity index (χ4v) is 6.31. The van der Waals surface area contributed by atoms with Crippen molar-refractivity contribution in [1.82, 2.24) is 9.80 Å². The molecule has 1 atom stereocenters. The predicted molar refractivity (Wildman–Crippen MR) is 129 cm³/mol. The molecule has 0 aromatic heterocycles. The van der Waals surface area contributed by atoms with Gasteiger partial charge in [-0.05, 0) is 48.9 Å². The van der Waals surface area contributed by atoms with Gasteiger partial charge in [-0.15, -0.1) is 0 Å². The van der Waals surface area contributed by atoms with Crippen LogP contribution in [0.1, 0.15) is 27.5 Å². The van der Waals surface area contributed by atoms with Crippen molar-refractivity contribution in [3.8, 4) is 0 Å². The van der Waals surface area contributed by atoms with Crippen LogP contribution in [0.15, 0.2) is 83.8 Å². The molecule has 2 aliphatic heterocycles. The molecule has 0 radical (unpaired) electrons. The number of carbonyl (C=O) groups excluding carboxylic acids is 1. The van der Waals surface area contributed by atoms with Gasteiger partial charge in [0.15, 0.2) is 0 Å². The topological polar surface area (TPSA) is 60.9 Å². The van der Waals surface area contributed by atoms with E-state index in [1.54, 1.807) is 18.2 Å². The number of hydrogen-bond donors (Lipinski definition) is 0. The highest BCUT2D eigenvalue weighted by Gasteiger charge is 2.33. The number of rotatable bonds is 4. The summed E-state index contributed by atoms with van der Waals surface area (Å²) >= 11 is 0.